The Morgan fingerprint density at radius 1 is 1.22 bits per heavy atom. The van der Waals surface area contributed by atoms with Crippen molar-refractivity contribution in [2.75, 3.05) is 7.11 Å². The van der Waals surface area contributed by atoms with Crippen LogP contribution in [-0.4, -0.2) is 29.1 Å². The number of rotatable bonds is 6. The van der Waals surface area contributed by atoms with Crippen LogP contribution in [0.5, 0.6) is 5.75 Å². The number of carbonyl (C=O) groups excluding carboxylic acids is 1. The van der Waals surface area contributed by atoms with E-state index in [1.807, 2.05) is 6.92 Å². The van der Waals surface area contributed by atoms with Gasteiger partial charge in [-0.3, -0.25) is 9.78 Å². The molecule has 1 amide bonds. The lowest BCUT2D eigenvalue weighted by Gasteiger charge is -2.15. The normalized spacial score (nSPS) is 11.6. The quantitative estimate of drug-likeness (QED) is 0.850. The van der Waals surface area contributed by atoms with Gasteiger partial charge in [0.25, 0.3) is 0 Å². The van der Waals surface area contributed by atoms with Gasteiger partial charge in [0, 0.05) is 11.9 Å². The molecule has 0 aliphatic rings. The number of nitrogens with zero attached hydrogens (tertiary/aromatic N) is 1. The summed E-state index contributed by atoms with van der Waals surface area (Å²) in [6.07, 6.45) is 1.69. The standard InChI is InChI=1S/C17H18N2O4/c1-11-3-4-12(10-18-11)9-15(20)19-16(17(21)22)13-5-7-14(23-2)8-6-13/h3-8,10,16H,9H2,1-2H3,(H,19,20)(H,21,22). The zero-order chi connectivity index (χ0) is 16.8. The van der Waals surface area contributed by atoms with Gasteiger partial charge in [0.05, 0.1) is 13.5 Å². The van der Waals surface area contributed by atoms with Gasteiger partial charge in [-0.05, 0) is 36.2 Å². The zero-order valence-corrected chi connectivity index (χ0v) is 12.9. The summed E-state index contributed by atoms with van der Waals surface area (Å²) in [5.74, 6) is -0.876. The van der Waals surface area contributed by atoms with E-state index in [0.29, 0.717) is 11.3 Å². The van der Waals surface area contributed by atoms with E-state index in [2.05, 4.69) is 10.3 Å². The Bertz CT molecular complexity index is 681. The van der Waals surface area contributed by atoms with Crippen molar-refractivity contribution in [1.29, 1.82) is 0 Å². The second-order valence-electron chi connectivity index (χ2n) is 5.10. The maximum atomic E-state index is 12.1. The number of carboxylic acids is 1. The molecule has 0 radical (unpaired) electrons. The number of ether oxygens (including phenoxy) is 1. The lowest BCUT2D eigenvalue weighted by molar-refractivity contribution is -0.141. The number of aliphatic carboxylic acids is 1. The van der Waals surface area contributed by atoms with E-state index in [1.165, 1.54) is 7.11 Å². The van der Waals surface area contributed by atoms with Gasteiger partial charge in [0.15, 0.2) is 6.04 Å². The van der Waals surface area contributed by atoms with Gasteiger partial charge in [0.1, 0.15) is 5.75 Å². The maximum Gasteiger partial charge on any atom is 0.330 e. The van der Waals surface area contributed by atoms with Gasteiger partial charge in [-0.2, -0.15) is 0 Å². The van der Waals surface area contributed by atoms with Crippen molar-refractivity contribution in [3.63, 3.8) is 0 Å². The van der Waals surface area contributed by atoms with E-state index >= 15 is 0 Å². The second kappa shape index (κ2) is 7.40. The molecule has 23 heavy (non-hydrogen) atoms. The van der Waals surface area contributed by atoms with Gasteiger partial charge in [-0.25, -0.2) is 4.79 Å². The number of carboxylic acid groups (broad SMARTS) is 1. The first-order chi connectivity index (χ1) is 11.0. The Morgan fingerprint density at radius 3 is 2.43 bits per heavy atom. The molecule has 0 fully saturated rings. The average molecular weight is 314 g/mol. The Balaban J connectivity index is 2.07. The number of methoxy groups -OCH3 is 1. The molecule has 120 valence electrons. The van der Waals surface area contributed by atoms with Crippen LogP contribution in [-0.2, 0) is 16.0 Å². The fraction of sp³-hybridized carbons (Fsp3) is 0.235. The fourth-order valence-corrected chi connectivity index (χ4v) is 2.08. The molecule has 1 aromatic carbocycles. The number of pyridine rings is 1. The zero-order valence-electron chi connectivity index (χ0n) is 12.9. The highest BCUT2D eigenvalue weighted by atomic mass is 16.5. The summed E-state index contributed by atoms with van der Waals surface area (Å²) in [6.45, 7) is 1.86. The molecule has 2 N–H and O–H groups in total. The van der Waals surface area contributed by atoms with Crippen LogP contribution >= 0.6 is 0 Å². The van der Waals surface area contributed by atoms with Gasteiger partial charge in [0.2, 0.25) is 5.91 Å². The number of benzene rings is 1. The molecule has 2 aromatic rings. The summed E-state index contributed by atoms with van der Waals surface area (Å²) in [6, 6.07) is 9.04. The second-order valence-corrected chi connectivity index (χ2v) is 5.10. The van der Waals surface area contributed by atoms with E-state index in [-0.39, 0.29) is 12.3 Å². The van der Waals surface area contributed by atoms with Crippen LogP contribution < -0.4 is 10.1 Å². The summed E-state index contributed by atoms with van der Waals surface area (Å²) in [5, 5.41) is 11.9. The molecule has 0 saturated carbocycles. The van der Waals surface area contributed by atoms with E-state index in [4.69, 9.17) is 4.74 Å². The van der Waals surface area contributed by atoms with E-state index in [9.17, 15) is 14.7 Å². The molecule has 1 aromatic heterocycles. The number of hydrogen-bond acceptors (Lipinski definition) is 4. The molecule has 0 aliphatic heterocycles. The van der Waals surface area contributed by atoms with Crippen LogP contribution in [0.15, 0.2) is 42.6 Å². The van der Waals surface area contributed by atoms with Gasteiger partial charge in [-0.1, -0.05) is 18.2 Å². The summed E-state index contributed by atoms with van der Waals surface area (Å²) in [4.78, 5) is 27.6. The van der Waals surface area contributed by atoms with Gasteiger partial charge in [-0.15, -0.1) is 0 Å². The van der Waals surface area contributed by atoms with Crippen molar-refractivity contribution in [1.82, 2.24) is 10.3 Å². The third kappa shape index (κ3) is 4.54. The Hall–Kier alpha value is -2.89. The predicted octanol–water partition coefficient (Wildman–Crippen LogP) is 1.88. The smallest absolute Gasteiger partial charge is 0.330 e. The third-order valence-electron chi connectivity index (χ3n) is 3.34. The number of nitrogens with one attached hydrogen (secondary N) is 1. The molecule has 0 saturated heterocycles. The number of aryl methyl sites for hydroxylation is 1. The van der Waals surface area contributed by atoms with Crippen molar-refractivity contribution in [3.05, 3.63) is 59.4 Å². The van der Waals surface area contributed by atoms with Crippen molar-refractivity contribution >= 4 is 11.9 Å². The fourth-order valence-electron chi connectivity index (χ4n) is 2.08. The molecule has 1 heterocycles. The van der Waals surface area contributed by atoms with E-state index in [1.54, 1.807) is 42.6 Å². The minimum absolute atomic E-state index is 0.0766. The molecule has 2 rings (SSSR count). The summed E-state index contributed by atoms with van der Waals surface area (Å²) in [5.41, 5.74) is 2.07. The van der Waals surface area contributed by atoms with Gasteiger partial charge < -0.3 is 15.2 Å². The van der Waals surface area contributed by atoms with Crippen LogP contribution in [0.3, 0.4) is 0 Å². The summed E-state index contributed by atoms with van der Waals surface area (Å²) >= 11 is 0. The Kier molecular flexibility index (Phi) is 5.30. The minimum Gasteiger partial charge on any atom is -0.497 e. The average Bonchev–Trinajstić information content (AvgIpc) is 2.55. The van der Waals surface area contributed by atoms with Crippen LogP contribution in [0.2, 0.25) is 0 Å². The molecule has 0 aliphatic carbocycles. The lowest BCUT2D eigenvalue weighted by atomic mass is 10.1. The predicted molar refractivity (Wildman–Crippen MR) is 84.2 cm³/mol. The molecule has 6 nitrogen and oxygen atoms in total. The highest BCUT2D eigenvalue weighted by Crippen LogP contribution is 2.18. The largest absolute Gasteiger partial charge is 0.497 e. The van der Waals surface area contributed by atoms with Crippen LogP contribution in [0.4, 0.5) is 0 Å². The number of aromatic nitrogens is 1. The molecule has 6 heteroatoms. The molecule has 1 atom stereocenters. The molecular formula is C17H18N2O4. The van der Waals surface area contributed by atoms with Gasteiger partial charge >= 0.3 is 5.97 Å². The number of hydrogen-bond donors (Lipinski definition) is 2. The first-order valence-corrected chi connectivity index (χ1v) is 7.07. The lowest BCUT2D eigenvalue weighted by Crippen LogP contribution is -2.34. The van der Waals surface area contributed by atoms with Crippen molar-refractivity contribution < 1.29 is 19.4 Å². The molecule has 1 unspecified atom stereocenters. The Morgan fingerprint density at radius 2 is 1.91 bits per heavy atom. The van der Waals surface area contributed by atoms with Crippen molar-refractivity contribution in [3.8, 4) is 5.75 Å². The summed E-state index contributed by atoms with van der Waals surface area (Å²) < 4.78 is 5.04. The number of amides is 1. The van der Waals surface area contributed by atoms with E-state index in [0.717, 1.165) is 11.3 Å². The highest BCUT2D eigenvalue weighted by molar-refractivity contribution is 5.85. The van der Waals surface area contributed by atoms with Crippen molar-refractivity contribution in [2.45, 2.75) is 19.4 Å². The highest BCUT2D eigenvalue weighted by Gasteiger charge is 2.22. The topological polar surface area (TPSA) is 88.5 Å². The van der Waals surface area contributed by atoms with E-state index < -0.39 is 12.0 Å². The SMILES string of the molecule is COc1ccc(C(NC(=O)Cc2ccc(C)nc2)C(=O)O)cc1. The number of carbonyl (C=O) groups is 2. The monoisotopic (exact) mass is 314 g/mol. The first kappa shape index (κ1) is 16.5. The van der Waals surface area contributed by atoms with Crippen LogP contribution in [0.1, 0.15) is 22.9 Å². The molecule has 0 spiro atoms. The molecular weight excluding hydrogens is 296 g/mol. The first-order valence-electron chi connectivity index (χ1n) is 7.07. The Labute approximate surface area is 134 Å². The minimum atomic E-state index is -1.12. The van der Waals surface area contributed by atoms with Crippen LogP contribution in [0, 0.1) is 6.92 Å². The molecule has 0 bridgehead atoms. The third-order valence-corrected chi connectivity index (χ3v) is 3.34. The summed E-state index contributed by atoms with van der Waals surface area (Å²) in [7, 11) is 1.53. The van der Waals surface area contributed by atoms with Crippen LogP contribution in [0.25, 0.3) is 0 Å². The maximum absolute atomic E-state index is 12.1. The van der Waals surface area contributed by atoms with Crippen molar-refractivity contribution in [2.24, 2.45) is 0 Å².